The van der Waals surface area contributed by atoms with E-state index in [1.54, 1.807) is 0 Å². The van der Waals surface area contributed by atoms with E-state index in [1.807, 2.05) is 11.8 Å². The van der Waals surface area contributed by atoms with Gasteiger partial charge in [-0.25, -0.2) is 0 Å². The molecular formula is C15H23NS. The summed E-state index contributed by atoms with van der Waals surface area (Å²) in [5, 5.41) is 0. The van der Waals surface area contributed by atoms with Gasteiger partial charge in [-0.3, -0.25) is 0 Å². The van der Waals surface area contributed by atoms with Gasteiger partial charge in [-0.1, -0.05) is 37.5 Å². The first-order chi connectivity index (χ1) is 8.36. The highest BCUT2D eigenvalue weighted by atomic mass is 32.2. The lowest BCUT2D eigenvalue weighted by molar-refractivity contribution is 0.389. The fourth-order valence-corrected chi connectivity index (χ4v) is 3.62. The van der Waals surface area contributed by atoms with E-state index in [1.165, 1.54) is 49.2 Å². The summed E-state index contributed by atoms with van der Waals surface area (Å²) in [5.74, 6) is 1.97. The maximum atomic E-state index is 6.25. The van der Waals surface area contributed by atoms with Crippen molar-refractivity contribution >= 4 is 11.8 Å². The Kier molecular flexibility index (Phi) is 5.40. The lowest BCUT2D eigenvalue weighted by atomic mass is 9.93. The standard InChI is InChI=1S/C15H23NS/c16-15-10-6-1-3-7-13(15)11-12-17-14-8-4-2-5-9-14/h2,4-5,8-9,13,15H,1,3,6-7,10-12,16H2. The van der Waals surface area contributed by atoms with Crippen molar-refractivity contribution in [1.29, 1.82) is 0 Å². The number of nitrogens with two attached hydrogens (primary N) is 1. The van der Waals surface area contributed by atoms with Crippen LogP contribution in [0.3, 0.4) is 0 Å². The molecule has 1 saturated carbocycles. The lowest BCUT2D eigenvalue weighted by Gasteiger charge is -2.20. The third kappa shape index (κ3) is 4.36. The van der Waals surface area contributed by atoms with E-state index >= 15 is 0 Å². The Bertz CT molecular complexity index is 312. The predicted molar refractivity (Wildman–Crippen MR) is 76.3 cm³/mol. The molecule has 2 N–H and O–H groups in total. The third-order valence-corrected chi connectivity index (χ3v) is 4.76. The smallest absolute Gasteiger partial charge is 0.00719 e. The molecule has 2 rings (SSSR count). The van der Waals surface area contributed by atoms with Crippen LogP contribution >= 0.6 is 11.8 Å². The molecule has 1 aromatic rings. The van der Waals surface area contributed by atoms with Crippen LogP contribution in [0, 0.1) is 5.92 Å². The van der Waals surface area contributed by atoms with Gasteiger partial charge in [0.1, 0.15) is 0 Å². The first kappa shape index (κ1) is 13.0. The second-order valence-corrected chi connectivity index (χ2v) is 6.18. The average molecular weight is 249 g/mol. The summed E-state index contributed by atoms with van der Waals surface area (Å²) in [6, 6.07) is 11.1. The molecule has 1 fully saturated rings. The number of hydrogen-bond acceptors (Lipinski definition) is 2. The number of thioether (sulfide) groups is 1. The third-order valence-electron chi connectivity index (χ3n) is 3.72. The fourth-order valence-electron chi connectivity index (χ4n) is 2.62. The first-order valence-electron chi connectivity index (χ1n) is 6.79. The monoisotopic (exact) mass is 249 g/mol. The van der Waals surface area contributed by atoms with Gasteiger partial charge in [0.25, 0.3) is 0 Å². The summed E-state index contributed by atoms with van der Waals surface area (Å²) in [6.45, 7) is 0. The molecule has 0 saturated heterocycles. The Morgan fingerprint density at radius 1 is 1.06 bits per heavy atom. The van der Waals surface area contributed by atoms with Crippen molar-refractivity contribution in [2.45, 2.75) is 49.5 Å². The van der Waals surface area contributed by atoms with E-state index in [2.05, 4.69) is 30.3 Å². The van der Waals surface area contributed by atoms with E-state index in [0.29, 0.717) is 6.04 Å². The Morgan fingerprint density at radius 2 is 1.82 bits per heavy atom. The van der Waals surface area contributed by atoms with Gasteiger partial charge >= 0.3 is 0 Å². The van der Waals surface area contributed by atoms with Crippen LogP contribution in [0.2, 0.25) is 0 Å². The molecule has 0 bridgehead atoms. The summed E-state index contributed by atoms with van der Waals surface area (Å²) in [7, 11) is 0. The SMILES string of the molecule is NC1CCCCCC1CCSc1ccccc1. The van der Waals surface area contributed by atoms with E-state index < -0.39 is 0 Å². The number of hydrogen-bond donors (Lipinski definition) is 1. The summed E-state index contributed by atoms with van der Waals surface area (Å²) >= 11 is 1.97. The van der Waals surface area contributed by atoms with Gasteiger partial charge in [-0.2, -0.15) is 0 Å². The molecule has 1 aromatic carbocycles. The number of benzene rings is 1. The molecule has 2 atom stereocenters. The van der Waals surface area contributed by atoms with Crippen molar-refractivity contribution in [3.05, 3.63) is 30.3 Å². The topological polar surface area (TPSA) is 26.0 Å². The molecule has 0 aliphatic heterocycles. The van der Waals surface area contributed by atoms with E-state index in [-0.39, 0.29) is 0 Å². The molecule has 0 aromatic heterocycles. The van der Waals surface area contributed by atoms with Gasteiger partial charge in [0, 0.05) is 10.9 Å². The van der Waals surface area contributed by atoms with Crippen LogP contribution in [-0.2, 0) is 0 Å². The van der Waals surface area contributed by atoms with Crippen molar-refractivity contribution < 1.29 is 0 Å². The molecule has 1 nitrogen and oxygen atoms in total. The minimum Gasteiger partial charge on any atom is -0.327 e. The van der Waals surface area contributed by atoms with Gasteiger partial charge in [0.2, 0.25) is 0 Å². The Morgan fingerprint density at radius 3 is 2.65 bits per heavy atom. The second kappa shape index (κ2) is 7.07. The quantitative estimate of drug-likeness (QED) is 0.643. The first-order valence-corrected chi connectivity index (χ1v) is 7.78. The number of rotatable bonds is 4. The fraction of sp³-hybridized carbons (Fsp3) is 0.600. The van der Waals surface area contributed by atoms with Gasteiger partial charge in [-0.15, -0.1) is 11.8 Å². The van der Waals surface area contributed by atoms with E-state index in [4.69, 9.17) is 5.73 Å². The molecule has 17 heavy (non-hydrogen) atoms. The van der Waals surface area contributed by atoms with Crippen molar-refractivity contribution in [2.24, 2.45) is 11.7 Å². The molecular weight excluding hydrogens is 226 g/mol. The van der Waals surface area contributed by atoms with Crippen LogP contribution in [-0.4, -0.2) is 11.8 Å². The summed E-state index contributed by atoms with van der Waals surface area (Å²) < 4.78 is 0. The van der Waals surface area contributed by atoms with Crippen LogP contribution in [0.15, 0.2) is 35.2 Å². The molecule has 0 spiro atoms. The highest BCUT2D eigenvalue weighted by Crippen LogP contribution is 2.27. The lowest BCUT2D eigenvalue weighted by Crippen LogP contribution is -2.29. The van der Waals surface area contributed by atoms with Gasteiger partial charge in [-0.05, 0) is 43.1 Å². The molecule has 2 unspecified atom stereocenters. The Hall–Kier alpha value is -0.470. The molecule has 0 heterocycles. The van der Waals surface area contributed by atoms with Crippen LogP contribution in [0.4, 0.5) is 0 Å². The minimum atomic E-state index is 0.453. The molecule has 0 amide bonds. The van der Waals surface area contributed by atoms with Gasteiger partial charge < -0.3 is 5.73 Å². The minimum absolute atomic E-state index is 0.453. The van der Waals surface area contributed by atoms with Crippen LogP contribution in [0.5, 0.6) is 0 Å². The molecule has 0 radical (unpaired) electrons. The van der Waals surface area contributed by atoms with Crippen LogP contribution in [0.25, 0.3) is 0 Å². The zero-order valence-corrected chi connectivity index (χ0v) is 11.3. The summed E-state index contributed by atoms with van der Waals surface area (Å²) in [4.78, 5) is 1.38. The zero-order chi connectivity index (χ0) is 11.9. The normalized spacial score (nSPS) is 25.5. The van der Waals surface area contributed by atoms with Gasteiger partial charge in [0.05, 0.1) is 0 Å². The molecule has 1 aliphatic carbocycles. The second-order valence-electron chi connectivity index (χ2n) is 5.01. The Balaban J connectivity index is 1.73. The maximum absolute atomic E-state index is 6.25. The maximum Gasteiger partial charge on any atom is 0.00719 e. The molecule has 2 heteroatoms. The van der Waals surface area contributed by atoms with E-state index in [0.717, 1.165) is 5.92 Å². The summed E-state index contributed by atoms with van der Waals surface area (Å²) in [6.07, 6.45) is 7.96. The van der Waals surface area contributed by atoms with Crippen molar-refractivity contribution in [3.63, 3.8) is 0 Å². The van der Waals surface area contributed by atoms with Crippen LogP contribution < -0.4 is 5.73 Å². The van der Waals surface area contributed by atoms with Crippen LogP contribution in [0.1, 0.15) is 38.5 Å². The predicted octanol–water partition coefficient (Wildman–Crippen LogP) is 4.08. The van der Waals surface area contributed by atoms with Crippen molar-refractivity contribution in [3.8, 4) is 0 Å². The Labute approximate surface area is 109 Å². The van der Waals surface area contributed by atoms with Crippen molar-refractivity contribution in [2.75, 3.05) is 5.75 Å². The van der Waals surface area contributed by atoms with Crippen molar-refractivity contribution in [1.82, 2.24) is 0 Å². The largest absolute Gasteiger partial charge is 0.327 e. The van der Waals surface area contributed by atoms with E-state index in [9.17, 15) is 0 Å². The average Bonchev–Trinajstić information content (AvgIpc) is 2.56. The zero-order valence-electron chi connectivity index (χ0n) is 10.5. The van der Waals surface area contributed by atoms with Gasteiger partial charge in [0.15, 0.2) is 0 Å². The molecule has 1 aliphatic rings. The highest BCUT2D eigenvalue weighted by Gasteiger charge is 2.19. The summed E-state index contributed by atoms with van der Waals surface area (Å²) in [5.41, 5.74) is 6.25. The molecule has 94 valence electrons. The highest BCUT2D eigenvalue weighted by molar-refractivity contribution is 7.99.